The summed E-state index contributed by atoms with van der Waals surface area (Å²) in [6, 6.07) is 2.19. The summed E-state index contributed by atoms with van der Waals surface area (Å²) < 4.78 is 46.1. The molecule has 1 aliphatic heterocycles. The normalized spacial score (nSPS) is 23.7. The maximum Gasteiger partial charge on any atom is 0.243 e. The Morgan fingerprint density at radius 2 is 2.16 bits per heavy atom. The Morgan fingerprint density at radius 3 is 2.74 bits per heavy atom. The van der Waals surface area contributed by atoms with Crippen molar-refractivity contribution in [3.05, 3.63) is 23.5 Å². The van der Waals surface area contributed by atoms with E-state index >= 15 is 0 Å². The highest BCUT2D eigenvalue weighted by atomic mass is 32.2. The van der Waals surface area contributed by atoms with Crippen LogP contribution in [-0.4, -0.2) is 27.2 Å². The summed E-state index contributed by atoms with van der Waals surface area (Å²) in [6.07, 6.45) is 0.351. The fraction of sp³-hybridized carbons (Fsp3) is 0.500. The van der Waals surface area contributed by atoms with E-state index in [4.69, 9.17) is 10.5 Å². The van der Waals surface area contributed by atoms with Gasteiger partial charge in [0.1, 0.15) is 10.7 Å². The summed E-state index contributed by atoms with van der Waals surface area (Å²) in [5.74, 6) is -0.770. The first kappa shape index (κ1) is 14.2. The molecular weight excluding hydrogens is 271 g/mol. The number of nitrogen functional groups attached to an aromatic ring is 1. The number of aryl methyl sites for hydroxylation is 1. The van der Waals surface area contributed by atoms with Gasteiger partial charge in [0, 0.05) is 12.3 Å². The Hall–Kier alpha value is -1.18. The van der Waals surface area contributed by atoms with Crippen LogP contribution in [0.2, 0.25) is 0 Å². The smallest absolute Gasteiger partial charge is 0.243 e. The van der Waals surface area contributed by atoms with Gasteiger partial charge in [-0.15, -0.1) is 0 Å². The van der Waals surface area contributed by atoms with Gasteiger partial charge < -0.3 is 10.5 Å². The SMILES string of the molecule is Cc1cc(N)cc(S(=O)(=O)NC2CCOC2C)c1F. The number of rotatable bonds is 3. The number of halogens is 1. The van der Waals surface area contributed by atoms with Gasteiger partial charge in [-0.2, -0.15) is 0 Å². The second-order valence-corrected chi connectivity index (χ2v) is 6.42. The summed E-state index contributed by atoms with van der Waals surface area (Å²) in [5, 5.41) is 0. The highest BCUT2D eigenvalue weighted by Crippen LogP contribution is 2.23. The number of sulfonamides is 1. The third-order valence-electron chi connectivity index (χ3n) is 3.22. The van der Waals surface area contributed by atoms with Crippen molar-refractivity contribution in [3.63, 3.8) is 0 Å². The van der Waals surface area contributed by atoms with Crippen molar-refractivity contribution in [1.82, 2.24) is 4.72 Å². The van der Waals surface area contributed by atoms with Crippen molar-refractivity contribution >= 4 is 15.7 Å². The molecule has 1 aromatic rings. The minimum atomic E-state index is -3.94. The van der Waals surface area contributed by atoms with Gasteiger partial charge in [-0.25, -0.2) is 17.5 Å². The van der Waals surface area contributed by atoms with Gasteiger partial charge in [-0.3, -0.25) is 0 Å². The molecule has 0 aliphatic carbocycles. The molecular formula is C12H17FN2O3S. The lowest BCUT2D eigenvalue weighted by molar-refractivity contribution is 0.117. The summed E-state index contributed by atoms with van der Waals surface area (Å²) in [5.41, 5.74) is 6.00. The van der Waals surface area contributed by atoms with Gasteiger partial charge in [-0.1, -0.05) is 0 Å². The predicted molar refractivity (Wildman–Crippen MR) is 69.7 cm³/mol. The van der Waals surface area contributed by atoms with Crippen LogP contribution in [0.25, 0.3) is 0 Å². The van der Waals surface area contributed by atoms with E-state index in [1.54, 1.807) is 6.92 Å². The maximum absolute atomic E-state index is 13.9. The predicted octanol–water partition coefficient (Wildman–Crippen LogP) is 1.17. The Balaban J connectivity index is 2.34. The number of anilines is 1. The molecule has 1 aromatic carbocycles. The van der Waals surface area contributed by atoms with Gasteiger partial charge in [0.15, 0.2) is 0 Å². The number of benzene rings is 1. The standard InChI is InChI=1S/C12H17FN2O3S/c1-7-5-9(14)6-11(12(7)13)19(16,17)15-10-3-4-18-8(10)2/h5-6,8,10,15H,3-4,14H2,1-2H3. The first-order valence-electron chi connectivity index (χ1n) is 6.01. The molecule has 0 aromatic heterocycles. The summed E-state index contributed by atoms with van der Waals surface area (Å²) >= 11 is 0. The van der Waals surface area contributed by atoms with Crippen LogP contribution in [0, 0.1) is 12.7 Å². The Kier molecular flexibility index (Phi) is 3.80. The molecule has 1 saturated heterocycles. The van der Waals surface area contributed by atoms with Crippen LogP contribution in [0.5, 0.6) is 0 Å². The van der Waals surface area contributed by atoms with E-state index in [0.29, 0.717) is 13.0 Å². The topological polar surface area (TPSA) is 81.4 Å². The van der Waals surface area contributed by atoms with E-state index < -0.39 is 20.7 Å². The lowest BCUT2D eigenvalue weighted by Crippen LogP contribution is -2.39. The number of ether oxygens (including phenoxy) is 1. The molecule has 1 heterocycles. The quantitative estimate of drug-likeness (QED) is 0.818. The molecule has 0 saturated carbocycles. The molecule has 3 N–H and O–H groups in total. The van der Waals surface area contributed by atoms with Crippen LogP contribution in [0.1, 0.15) is 18.9 Å². The monoisotopic (exact) mass is 288 g/mol. The second-order valence-electron chi connectivity index (χ2n) is 4.74. The zero-order valence-corrected chi connectivity index (χ0v) is 11.6. The number of nitrogens with two attached hydrogens (primary N) is 1. The molecule has 1 fully saturated rings. The first-order valence-corrected chi connectivity index (χ1v) is 7.49. The molecule has 1 aliphatic rings. The average Bonchev–Trinajstić information content (AvgIpc) is 2.69. The van der Waals surface area contributed by atoms with Crippen LogP contribution in [0.4, 0.5) is 10.1 Å². The molecule has 7 heteroatoms. The fourth-order valence-corrected chi connectivity index (χ4v) is 3.63. The van der Waals surface area contributed by atoms with E-state index in [-0.39, 0.29) is 23.4 Å². The Labute approximate surface area is 112 Å². The van der Waals surface area contributed by atoms with E-state index in [0.717, 1.165) is 6.07 Å². The van der Waals surface area contributed by atoms with Gasteiger partial charge in [0.2, 0.25) is 10.0 Å². The lowest BCUT2D eigenvalue weighted by atomic mass is 10.2. The minimum absolute atomic E-state index is 0.205. The van der Waals surface area contributed by atoms with Crippen molar-refractivity contribution in [2.75, 3.05) is 12.3 Å². The van der Waals surface area contributed by atoms with Crippen molar-refractivity contribution in [1.29, 1.82) is 0 Å². The van der Waals surface area contributed by atoms with Crippen molar-refractivity contribution < 1.29 is 17.5 Å². The van der Waals surface area contributed by atoms with E-state index in [1.165, 1.54) is 13.0 Å². The van der Waals surface area contributed by atoms with Crippen LogP contribution in [-0.2, 0) is 14.8 Å². The summed E-state index contributed by atoms with van der Waals surface area (Å²) in [7, 11) is -3.94. The molecule has 19 heavy (non-hydrogen) atoms. The maximum atomic E-state index is 13.9. The zero-order chi connectivity index (χ0) is 14.2. The third-order valence-corrected chi connectivity index (χ3v) is 4.70. The minimum Gasteiger partial charge on any atom is -0.399 e. The van der Waals surface area contributed by atoms with Crippen LogP contribution in [0.15, 0.2) is 17.0 Å². The fourth-order valence-electron chi connectivity index (χ4n) is 2.11. The molecule has 0 radical (unpaired) electrons. The second kappa shape index (κ2) is 5.07. The van der Waals surface area contributed by atoms with E-state index in [1.807, 2.05) is 0 Å². The molecule has 2 rings (SSSR count). The summed E-state index contributed by atoms with van der Waals surface area (Å²) in [6.45, 7) is 3.75. The molecule has 2 unspecified atom stereocenters. The van der Waals surface area contributed by atoms with Crippen molar-refractivity contribution in [2.24, 2.45) is 0 Å². The Bertz CT molecular complexity index is 589. The van der Waals surface area contributed by atoms with Gasteiger partial charge in [0.05, 0.1) is 12.1 Å². The van der Waals surface area contributed by atoms with Gasteiger partial charge in [-0.05, 0) is 38.0 Å². The molecule has 0 bridgehead atoms. The van der Waals surface area contributed by atoms with Crippen LogP contribution >= 0.6 is 0 Å². The first-order chi connectivity index (χ1) is 8.81. The average molecular weight is 288 g/mol. The van der Waals surface area contributed by atoms with Crippen LogP contribution in [0.3, 0.4) is 0 Å². The third kappa shape index (κ3) is 2.88. The van der Waals surface area contributed by atoms with Gasteiger partial charge >= 0.3 is 0 Å². The zero-order valence-electron chi connectivity index (χ0n) is 10.8. The largest absolute Gasteiger partial charge is 0.399 e. The van der Waals surface area contributed by atoms with Crippen molar-refractivity contribution in [3.8, 4) is 0 Å². The number of hydrogen-bond donors (Lipinski definition) is 2. The highest BCUT2D eigenvalue weighted by Gasteiger charge is 2.31. The van der Waals surface area contributed by atoms with E-state index in [2.05, 4.69) is 4.72 Å². The number of nitrogens with one attached hydrogen (secondary N) is 1. The molecule has 0 amide bonds. The van der Waals surface area contributed by atoms with Gasteiger partial charge in [0.25, 0.3) is 0 Å². The Morgan fingerprint density at radius 1 is 1.47 bits per heavy atom. The van der Waals surface area contributed by atoms with Crippen molar-refractivity contribution in [2.45, 2.75) is 37.3 Å². The lowest BCUT2D eigenvalue weighted by Gasteiger charge is -2.17. The molecule has 5 nitrogen and oxygen atoms in total. The molecule has 0 spiro atoms. The molecule has 106 valence electrons. The summed E-state index contributed by atoms with van der Waals surface area (Å²) in [4.78, 5) is -0.413. The number of hydrogen-bond acceptors (Lipinski definition) is 4. The van der Waals surface area contributed by atoms with Crippen LogP contribution < -0.4 is 10.5 Å². The molecule has 2 atom stereocenters. The van der Waals surface area contributed by atoms with E-state index in [9.17, 15) is 12.8 Å². The highest BCUT2D eigenvalue weighted by molar-refractivity contribution is 7.89.